The highest BCUT2D eigenvalue weighted by Crippen LogP contribution is 2.23. The summed E-state index contributed by atoms with van der Waals surface area (Å²) in [6.07, 6.45) is 1.74. The van der Waals surface area contributed by atoms with E-state index in [1.165, 1.54) is 0 Å². The Morgan fingerprint density at radius 2 is 2.40 bits per heavy atom. The molecule has 0 saturated heterocycles. The van der Waals surface area contributed by atoms with E-state index >= 15 is 0 Å². The van der Waals surface area contributed by atoms with Crippen molar-refractivity contribution < 1.29 is 0 Å². The Labute approximate surface area is 108 Å². The SMILES string of the molecule is CCSCC(C)Nc1ncc(Br)cc1Cl. The molecule has 0 amide bonds. The van der Waals surface area contributed by atoms with Crippen molar-refractivity contribution in [1.29, 1.82) is 0 Å². The molecule has 1 aromatic rings. The minimum Gasteiger partial charge on any atom is -0.366 e. The summed E-state index contributed by atoms with van der Waals surface area (Å²) in [6, 6.07) is 2.22. The monoisotopic (exact) mass is 308 g/mol. The molecule has 2 nitrogen and oxygen atoms in total. The standard InChI is InChI=1S/C10H14BrClN2S/c1-3-15-6-7(2)14-10-9(12)4-8(11)5-13-10/h4-5,7H,3,6H2,1-2H3,(H,13,14). The van der Waals surface area contributed by atoms with Crippen LogP contribution in [0, 0.1) is 0 Å². The van der Waals surface area contributed by atoms with Gasteiger partial charge in [0.25, 0.3) is 0 Å². The molecular formula is C10H14BrClN2S. The van der Waals surface area contributed by atoms with Crippen LogP contribution in [0.5, 0.6) is 0 Å². The molecule has 15 heavy (non-hydrogen) atoms. The Kier molecular flexibility index (Phi) is 5.79. The molecule has 5 heteroatoms. The molecule has 0 fully saturated rings. The molecule has 0 radical (unpaired) electrons. The molecule has 1 unspecified atom stereocenters. The van der Waals surface area contributed by atoms with E-state index in [-0.39, 0.29) is 0 Å². The zero-order chi connectivity index (χ0) is 11.3. The van der Waals surface area contributed by atoms with Crippen LogP contribution in [-0.4, -0.2) is 22.5 Å². The lowest BCUT2D eigenvalue weighted by molar-refractivity contribution is 0.902. The lowest BCUT2D eigenvalue weighted by Gasteiger charge is -2.14. The maximum absolute atomic E-state index is 6.05. The van der Waals surface area contributed by atoms with Crippen LogP contribution in [0.15, 0.2) is 16.7 Å². The van der Waals surface area contributed by atoms with E-state index in [2.05, 4.69) is 40.1 Å². The maximum Gasteiger partial charge on any atom is 0.145 e. The lowest BCUT2D eigenvalue weighted by atomic mass is 10.3. The predicted octanol–water partition coefficient (Wildman–Crippen LogP) is 4.05. The molecule has 0 aliphatic carbocycles. The Morgan fingerprint density at radius 3 is 3.00 bits per heavy atom. The highest BCUT2D eigenvalue weighted by Gasteiger charge is 2.06. The number of rotatable bonds is 5. The topological polar surface area (TPSA) is 24.9 Å². The molecule has 0 aliphatic heterocycles. The smallest absolute Gasteiger partial charge is 0.145 e. The van der Waals surface area contributed by atoms with Gasteiger partial charge in [-0.3, -0.25) is 0 Å². The van der Waals surface area contributed by atoms with E-state index in [0.717, 1.165) is 21.8 Å². The number of aromatic nitrogens is 1. The van der Waals surface area contributed by atoms with Gasteiger partial charge in [-0.05, 0) is 34.7 Å². The van der Waals surface area contributed by atoms with Gasteiger partial charge >= 0.3 is 0 Å². The highest BCUT2D eigenvalue weighted by molar-refractivity contribution is 9.10. The van der Waals surface area contributed by atoms with E-state index in [9.17, 15) is 0 Å². The number of pyridine rings is 1. The van der Waals surface area contributed by atoms with Gasteiger partial charge < -0.3 is 5.32 Å². The third-order valence-electron chi connectivity index (χ3n) is 1.76. The van der Waals surface area contributed by atoms with Crippen LogP contribution in [0.3, 0.4) is 0 Å². The van der Waals surface area contributed by atoms with Gasteiger partial charge in [0.15, 0.2) is 0 Å². The minimum atomic E-state index is 0.376. The van der Waals surface area contributed by atoms with Gasteiger partial charge in [0.2, 0.25) is 0 Å². The molecule has 1 rings (SSSR count). The van der Waals surface area contributed by atoms with Crippen LogP contribution in [0.1, 0.15) is 13.8 Å². The second kappa shape index (κ2) is 6.61. The van der Waals surface area contributed by atoms with Crippen molar-refractivity contribution in [3.63, 3.8) is 0 Å². The van der Waals surface area contributed by atoms with E-state index in [1.54, 1.807) is 6.20 Å². The Morgan fingerprint density at radius 1 is 1.67 bits per heavy atom. The summed E-state index contributed by atoms with van der Waals surface area (Å²) < 4.78 is 0.897. The van der Waals surface area contributed by atoms with Gasteiger partial charge in [0.05, 0.1) is 5.02 Å². The first-order valence-electron chi connectivity index (χ1n) is 4.78. The average Bonchev–Trinajstić information content (AvgIpc) is 2.19. The molecule has 0 spiro atoms. The van der Waals surface area contributed by atoms with E-state index in [4.69, 9.17) is 11.6 Å². The third-order valence-corrected chi connectivity index (χ3v) is 3.63. The number of thioether (sulfide) groups is 1. The van der Waals surface area contributed by atoms with Crippen molar-refractivity contribution in [3.05, 3.63) is 21.8 Å². The van der Waals surface area contributed by atoms with Crippen LogP contribution in [0.2, 0.25) is 5.02 Å². The first kappa shape index (κ1) is 13.1. The van der Waals surface area contributed by atoms with Crippen LogP contribution in [0.4, 0.5) is 5.82 Å². The summed E-state index contributed by atoms with van der Waals surface area (Å²) in [5, 5.41) is 3.94. The van der Waals surface area contributed by atoms with Gasteiger partial charge in [0.1, 0.15) is 5.82 Å². The number of halogens is 2. The largest absolute Gasteiger partial charge is 0.366 e. The van der Waals surface area contributed by atoms with E-state index in [1.807, 2.05) is 17.8 Å². The number of nitrogens with zero attached hydrogens (tertiary/aromatic N) is 1. The summed E-state index contributed by atoms with van der Waals surface area (Å²) in [5.41, 5.74) is 0. The molecule has 1 aromatic heterocycles. The fourth-order valence-corrected chi connectivity index (χ4v) is 2.45. The highest BCUT2D eigenvalue weighted by atomic mass is 79.9. The number of anilines is 1. The summed E-state index contributed by atoms with van der Waals surface area (Å²) in [4.78, 5) is 4.23. The third kappa shape index (κ3) is 4.62. The van der Waals surface area contributed by atoms with Gasteiger partial charge in [-0.2, -0.15) is 11.8 Å². The molecular weight excluding hydrogens is 296 g/mol. The molecule has 0 aliphatic rings. The molecule has 84 valence electrons. The van der Waals surface area contributed by atoms with Crippen LogP contribution < -0.4 is 5.32 Å². The van der Waals surface area contributed by atoms with Gasteiger partial charge in [-0.15, -0.1) is 0 Å². The molecule has 0 bridgehead atoms. The predicted molar refractivity (Wildman–Crippen MR) is 73.0 cm³/mol. The summed E-state index contributed by atoms with van der Waals surface area (Å²) >= 11 is 11.3. The van der Waals surface area contributed by atoms with Crippen molar-refractivity contribution >= 4 is 45.1 Å². The Hall–Kier alpha value is 0.0700. The molecule has 0 aromatic carbocycles. The van der Waals surface area contributed by atoms with Crippen LogP contribution in [-0.2, 0) is 0 Å². The van der Waals surface area contributed by atoms with E-state index in [0.29, 0.717) is 11.1 Å². The molecule has 1 atom stereocenters. The van der Waals surface area contributed by atoms with Crippen LogP contribution >= 0.6 is 39.3 Å². The first-order chi connectivity index (χ1) is 7.13. The Balaban J connectivity index is 2.56. The summed E-state index contributed by atoms with van der Waals surface area (Å²) in [5.74, 6) is 2.95. The first-order valence-corrected chi connectivity index (χ1v) is 7.11. The quantitative estimate of drug-likeness (QED) is 0.888. The summed E-state index contributed by atoms with van der Waals surface area (Å²) in [6.45, 7) is 4.28. The van der Waals surface area contributed by atoms with Crippen molar-refractivity contribution in [3.8, 4) is 0 Å². The zero-order valence-electron chi connectivity index (χ0n) is 8.76. The fourth-order valence-electron chi connectivity index (χ4n) is 1.09. The number of hydrogen-bond acceptors (Lipinski definition) is 3. The normalized spacial score (nSPS) is 12.5. The van der Waals surface area contributed by atoms with E-state index < -0.39 is 0 Å². The maximum atomic E-state index is 6.05. The number of nitrogens with one attached hydrogen (secondary N) is 1. The lowest BCUT2D eigenvalue weighted by Crippen LogP contribution is -2.19. The number of hydrogen-bond donors (Lipinski definition) is 1. The summed E-state index contributed by atoms with van der Waals surface area (Å²) in [7, 11) is 0. The van der Waals surface area contributed by atoms with Crippen LogP contribution in [0.25, 0.3) is 0 Å². The zero-order valence-corrected chi connectivity index (χ0v) is 11.9. The Bertz CT molecular complexity index is 322. The second-order valence-electron chi connectivity index (χ2n) is 3.19. The fraction of sp³-hybridized carbons (Fsp3) is 0.500. The molecule has 1 N–H and O–H groups in total. The molecule has 0 saturated carbocycles. The van der Waals surface area contributed by atoms with Gasteiger partial charge in [-0.1, -0.05) is 18.5 Å². The minimum absolute atomic E-state index is 0.376. The van der Waals surface area contributed by atoms with Crippen molar-refractivity contribution in [1.82, 2.24) is 4.98 Å². The van der Waals surface area contributed by atoms with Crippen molar-refractivity contribution in [2.75, 3.05) is 16.8 Å². The van der Waals surface area contributed by atoms with Crippen molar-refractivity contribution in [2.45, 2.75) is 19.9 Å². The average molecular weight is 310 g/mol. The van der Waals surface area contributed by atoms with Crippen molar-refractivity contribution in [2.24, 2.45) is 0 Å². The molecule has 1 heterocycles. The van der Waals surface area contributed by atoms with Gasteiger partial charge in [0, 0.05) is 22.5 Å². The second-order valence-corrected chi connectivity index (χ2v) is 5.83. The van der Waals surface area contributed by atoms with Gasteiger partial charge in [-0.25, -0.2) is 4.98 Å².